The van der Waals surface area contributed by atoms with E-state index in [1.807, 2.05) is 49.4 Å². The number of benzene rings is 1. The molecular weight excluding hydrogens is 450 g/mol. The fourth-order valence-corrected chi connectivity index (χ4v) is 4.62. The van der Waals surface area contributed by atoms with Gasteiger partial charge in [-0.05, 0) is 67.2 Å². The number of anilines is 2. The highest BCUT2D eigenvalue weighted by molar-refractivity contribution is 7.80. The van der Waals surface area contributed by atoms with Crippen LogP contribution in [0, 0.1) is 6.92 Å². The van der Waals surface area contributed by atoms with Crippen molar-refractivity contribution in [2.45, 2.75) is 25.6 Å². The van der Waals surface area contributed by atoms with Crippen LogP contribution in [0.15, 0.2) is 60.9 Å². The Morgan fingerprint density at radius 2 is 2.03 bits per heavy atom. The molecule has 2 N–H and O–H groups in total. The van der Waals surface area contributed by atoms with Crippen molar-refractivity contribution in [2.75, 3.05) is 37.7 Å². The number of nitrogens with one attached hydrogen (secondary N) is 2. The van der Waals surface area contributed by atoms with E-state index in [0.29, 0.717) is 11.7 Å². The zero-order valence-corrected chi connectivity index (χ0v) is 20.3. The Hall–Kier alpha value is -3.27. The molecule has 1 fully saturated rings. The topological polar surface area (TPSA) is 80.7 Å². The summed E-state index contributed by atoms with van der Waals surface area (Å²) in [5, 5.41) is 7.00. The monoisotopic (exact) mass is 479 g/mol. The third-order valence-corrected chi connectivity index (χ3v) is 6.15. The van der Waals surface area contributed by atoms with Crippen molar-refractivity contribution in [1.29, 1.82) is 0 Å². The van der Waals surface area contributed by atoms with Crippen LogP contribution in [0.1, 0.15) is 29.0 Å². The molecule has 9 heteroatoms. The number of thiocarbonyl (C=S) groups is 1. The zero-order valence-electron chi connectivity index (χ0n) is 19.5. The molecule has 1 aliphatic heterocycles. The molecule has 0 saturated carbocycles. The van der Waals surface area contributed by atoms with E-state index in [0.717, 1.165) is 34.9 Å². The van der Waals surface area contributed by atoms with Crippen molar-refractivity contribution in [3.05, 3.63) is 77.9 Å². The number of ether oxygens (including phenoxy) is 2. The van der Waals surface area contributed by atoms with Crippen LogP contribution in [0.5, 0.6) is 0 Å². The second-order valence-corrected chi connectivity index (χ2v) is 8.48. The maximum absolute atomic E-state index is 12.0. The predicted octanol–water partition coefficient (Wildman–Crippen LogP) is 3.60. The van der Waals surface area contributed by atoms with Gasteiger partial charge in [-0.15, -0.1) is 0 Å². The Morgan fingerprint density at radius 3 is 2.74 bits per heavy atom. The molecule has 8 nitrogen and oxygen atoms in total. The van der Waals surface area contributed by atoms with E-state index >= 15 is 0 Å². The normalized spacial score (nSPS) is 17.6. The standard InChI is InChI=1S/C25H29N5O3S/c1-17-15-18(9-10-19(17)27-22(31)16-33-3)30-24(21-8-6-12-29(21)13-14-32-2)23(28-25(30)34)20-7-4-5-11-26-20/h4-12,15,23-24H,13-14,16H2,1-3H3,(H,27,31)(H,28,34). The molecule has 0 spiro atoms. The molecule has 2 aromatic heterocycles. The van der Waals surface area contributed by atoms with Gasteiger partial charge in [-0.25, -0.2) is 0 Å². The summed E-state index contributed by atoms with van der Waals surface area (Å²) in [6.07, 6.45) is 3.86. The molecule has 3 heterocycles. The second kappa shape index (κ2) is 10.8. The van der Waals surface area contributed by atoms with E-state index in [9.17, 15) is 4.79 Å². The number of hydrogen-bond donors (Lipinski definition) is 2. The van der Waals surface area contributed by atoms with Gasteiger partial charge in [-0.3, -0.25) is 9.78 Å². The van der Waals surface area contributed by atoms with E-state index in [1.165, 1.54) is 7.11 Å². The van der Waals surface area contributed by atoms with E-state index in [4.69, 9.17) is 21.7 Å². The average molecular weight is 480 g/mol. The van der Waals surface area contributed by atoms with Crippen LogP contribution < -0.4 is 15.5 Å². The maximum atomic E-state index is 12.0. The number of hydrogen-bond acceptors (Lipinski definition) is 5. The van der Waals surface area contributed by atoms with Crippen LogP contribution in [-0.2, 0) is 20.8 Å². The van der Waals surface area contributed by atoms with Crippen LogP contribution in [0.2, 0.25) is 0 Å². The summed E-state index contributed by atoms with van der Waals surface area (Å²) in [7, 11) is 3.20. The lowest BCUT2D eigenvalue weighted by atomic mass is 10.0. The molecule has 0 radical (unpaired) electrons. The number of aromatic nitrogens is 2. The van der Waals surface area contributed by atoms with Crippen LogP contribution in [0.3, 0.4) is 0 Å². The summed E-state index contributed by atoms with van der Waals surface area (Å²) in [4.78, 5) is 18.7. The van der Waals surface area contributed by atoms with Crippen molar-refractivity contribution in [3.63, 3.8) is 0 Å². The van der Waals surface area contributed by atoms with Crippen molar-refractivity contribution >= 4 is 34.6 Å². The number of pyridine rings is 1. The van der Waals surface area contributed by atoms with E-state index in [-0.39, 0.29) is 24.6 Å². The van der Waals surface area contributed by atoms with Crippen LogP contribution >= 0.6 is 12.2 Å². The minimum atomic E-state index is -0.194. The van der Waals surface area contributed by atoms with Gasteiger partial charge in [-0.1, -0.05) is 6.07 Å². The lowest BCUT2D eigenvalue weighted by Gasteiger charge is -2.29. The van der Waals surface area contributed by atoms with Crippen molar-refractivity contribution in [2.24, 2.45) is 0 Å². The number of carbonyl (C=O) groups excluding carboxylic acids is 1. The Bertz CT molecular complexity index is 1150. The van der Waals surface area contributed by atoms with Gasteiger partial charge in [0.05, 0.1) is 18.3 Å². The molecule has 34 heavy (non-hydrogen) atoms. The minimum absolute atomic E-state index is 0.00756. The highest BCUT2D eigenvalue weighted by Gasteiger charge is 2.42. The first-order valence-electron chi connectivity index (χ1n) is 11.1. The Balaban J connectivity index is 1.73. The Kier molecular flexibility index (Phi) is 7.56. The van der Waals surface area contributed by atoms with Gasteiger partial charge < -0.3 is 29.6 Å². The summed E-state index contributed by atoms with van der Waals surface area (Å²) >= 11 is 5.83. The van der Waals surface area contributed by atoms with Gasteiger partial charge in [0.25, 0.3) is 0 Å². The fourth-order valence-electron chi connectivity index (χ4n) is 4.28. The second-order valence-electron chi connectivity index (χ2n) is 8.10. The summed E-state index contributed by atoms with van der Waals surface area (Å²) in [5.41, 5.74) is 4.62. The van der Waals surface area contributed by atoms with Gasteiger partial charge >= 0.3 is 0 Å². The molecule has 3 aromatic rings. The first-order valence-corrected chi connectivity index (χ1v) is 11.5. The summed E-state index contributed by atoms with van der Waals surface area (Å²) in [6.45, 7) is 3.31. The molecule has 1 amide bonds. The number of rotatable bonds is 9. The van der Waals surface area contributed by atoms with E-state index in [1.54, 1.807) is 13.3 Å². The SMILES string of the molecule is COCCn1cccc1C1C(c2ccccn2)NC(=S)N1c1ccc(NC(=O)COC)c(C)c1. The third-order valence-electron chi connectivity index (χ3n) is 5.84. The summed E-state index contributed by atoms with van der Waals surface area (Å²) in [5.74, 6) is -0.194. The van der Waals surface area contributed by atoms with Crippen molar-refractivity contribution < 1.29 is 14.3 Å². The number of nitrogens with zero attached hydrogens (tertiary/aromatic N) is 3. The Morgan fingerprint density at radius 1 is 1.18 bits per heavy atom. The molecule has 0 bridgehead atoms. The Labute approximate surface area is 204 Å². The van der Waals surface area contributed by atoms with E-state index in [2.05, 4.69) is 37.3 Å². The molecule has 0 aliphatic carbocycles. The first kappa shape index (κ1) is 23.9. The van der Waals surface area contributed by atoms with Gasteiger partial charge in [0, 0.05) is 50.2 Å². The maximum Gasteiger partial charge on any atom is 0.250 e. The van der Waals surface area contributed by atoms with Gasteiger partial charge in [0.2, 0.25) is 5.91 Å². The molecule has 1 aromatic carbocycles. The molecule has 1 saturated heterocycles. The first-order chi connectivity index (χ1) is 16.5. The largest absolute Gasteiger partial charge is 0.383 e. The molecule has 2 unspecified atom stereocenters. The highest BCUT2D eigenvalue weighted by Crippen LogP contribution is 2.42. The summed E-state index contributed by atoms with van der Waals surface area (Å²) in [6, 6.07) is 15.7. The van der Waals surface area contributed by atoms with Gasteiger partial charge in [0.1, 0.15) is 12.6 Å². The lowest BCUT2D eigenvalue weighted by Crippen LogP contribution is -2.30. The van der Waals surface area contributed by atoms with Crippen molar-refractivity contribution in [3.8, 4) is 0 Å². The number of aryl methyl sites for hydroxylation is 1. The van der Waals surface area contributed by atoms with E-state index < -0.39 is 0 Å². The third kappa shape index (κ3) is 4.96. The highest BCUT2D eigenvalue weighted by atomic mass is 32.1. The number of amides is 1. The van der Waals surface area contributed by atoms with Crippen LogP contribution in [0.4, 0.5) is 11.4 Å². The van der Waals surface area contributed by atoms with Crippen LogP contribution in [-0.4, -0.2) is 48.0 Å². The zero-order chi connectivity index (χ0) is 24.1. The molecule has 2 atom stereocenters. The van der Waals surface area contributed by atoms with Gasteiger partial charge in [0.15, 0.2) is 5.11 Å². The minimum Gasteiger partial charge on any atom is -0.383 e. The summed E-state index contributed by atoms with van der Waals surface area (Å²) < 4.78 is 12.4. The fraction of sp³-hybridized carbons (Fsp3) is 0.320. The molecule has 4 rings (SSSR count). The average Bonchev–Trinajstić information content (AvgIpc) is 3.43. The van der Waals surface area contributed by atoms with Crippen LogP contribution in [0.25, 0.3) is 0 Å². The van der Waals surface area contributed by atoms with Crippen molar-refractivity contribution in [1.82, 2.24) is 14.9 Å². The smallest absolute Gasteiger partial charge is 0.250 e. The van der Waals surface area contributed by atoms with Gasteiger partial charge in [-0.2, -0.15) is 0 Å². The lowest BCUT2D eigenvalue weighted by molar-refractivity contribution is -0.119. The quantitative estimate of drug-likeness (QED) is 0.454. The predicted molar refractivity (Wildman–Crippen MR) is 136 cm³/mol. The number of methoxy groups -OCH3 is 2. The number of carbonyl (C=O) groups is 1. The molecular formula is C25H29N5O3S. The molecule has 1 aliphatic rings. The molecule has 178 valence electrons.